The fourth-order valence-corrected chi connectivity index (χ4v) is 4.13. The van der Waals surface area contributed by atoms with Gasteiger partial charge in [-0.25, -0.2) is 9.97 Å². The van der Waals surface area contributed by atoms with Crippen LogP contribution in [0.1, 0.15) is 11.1 Å². The maximum Gasteiger partial charge on any atom is 0.161 e. The number of hydrogen-bond acceptors (Lipinski definition) is 7. The molecular weight excluding hydrogens is 348 g/mol. The SMILES string of the molecule is COc1cc2c(cc1OC)CN(CCNc1ncnc3sccc13)CC2. The summed E-state index contributed by atoms with van der Waals surface area (Å²) in [5, 5.41) is 6.60. The molecule has 0 atom stereocenters. The standard InChI is InChI=1S/C19H22N4O2S/c1-24-16-9-13-3-6-23(11-14(13)10-17(16)25-2)7-5-20-18-15-4-8-26-19(15)22-12-21-18/h4,8-10,12H,3,5-7,11H2,1-2H3,(H,20,21,22). The minimum Gasteiger partial charge on any atom is -0.493 e. The van der Waals surface area contributed by atoms with Crippen molar-refractivity contribution >= 4 is 27.4 Å². The number of anilines is 1. The molecule has 6 nitrogen and oxygen atoms in total. The van der Waals surface area contributed by atoms with Crippen LogP contribution in [-0.4, -0.2) is 48.7 Å². The van der Waals surface area contributed by atoms with E-state index in [1.54, 1.807) is 31.9 Å². The molecular formula is C19H22N4O2S. The Morgan fingerprint density at radius 1 is 1.15 bits per heavy atom. The lowest BCUT2D eigenvalue weighted by Crippen LogP contribution is -2.34. The second kappa shape index (κ2) is 7.47. The van der Waals surface area contributed by atoms with Crippen LogP contribution in [0.4, 0.5) is 5.82 Å². The fraction of sp³-hybridized carbons (Fsp3) is 0.368. The van der Waals surface area contributed by atoms with Crippen LogP contribution < -0.4 is 14.8 Å². The van der Waals surface area contributed by atoms with Gasteiger partial charge in [0, 0.05) is 26.2 Å². The third-order valence-corrected chi connectivity index (χ3v) is 5.60. The van der Waals surface area contributed by atoms with E-state index in [2.05, 4.69) is 38.4 Å². The van der Waals surface area contributed by atoms with Crippen LogP contribution in [0, 0.1) is 0 Å². The zero-order valence-corrected chi connectivity index (χ0v) is 15.8. The Hall–Kier alpha value is -2.38. The molecule has 1 aromatic carbocycles. The molecule has 0 bridgehead atoms. The van der Waals surface area contributed by atoms with E-state index in [1.165, 1.54) is 11.1 Å². The number of fused-ring (bicyclic) bond motifs is 2. The monoisotopic (exact) mass is 370 g/mol. The lowest BCUT2D eigenvalue weighted by atomic mass is 9.99. The van der Waals surface area contributed by atoms with Crippen molar-refractivity contribution in [3.63, 3.8) is 0 Å². The van der Waals surface area contributed by atoms with Gasteiger partial charge in [0.05, 0.1) is 19.6 Å². The Morgan fingerprint density at radius 2 is 1.96 bits per heavy atom. The van der Waals surface area contributed by atoms with E-state index in [0.717, 1.165) is 60.1 Å². The molecule has 7 heteroatoms. The van der Waals surface area contributed by atoms with E-state index < -0.39 is 0 Å². The molecule has 0 aliphatic carbocycles. The summed E-state index contributed by atoms with van der Waals surface area (Å²) in [6.45, 7) is 3.78. The maximum absolute atomic E-state index is 5.44. The van der Waals surface area contributed by atoms with Crippen molar-refractivity contribution in [2.45, 2.75) is 13.0 Å². The summed E-state index contributed by atoms with van der Waals surface area (Å²) in [6, 6.07) is 6.28. The van der Waals surface area contributed by atoms with Crippen LogP contribution in [0.2, 0.25) is 0 Å². The summed E-state index contributed by atoms with van der Waals surface area (Å²) in [5.41, 5.74) is 2.67. The highest BCUT2D eigenvalue weighted by Crippen LogP contribution is 2.33. The molecule has 2 aromatic heterocycles. The molecule has 0 saturated heterocycles. The van der Waals surface area contributed by atoms with Gasteiger partial charge in [0.1, 0.15) is 17.0 Å². The van der Waals surface area contributed by atoms with Crippen LogP contribution >= 0.6 is 11.3 Å². The van der Waals surface area contributed by atoms with Crippen molar-refractivity contribution in [2.24, 2.45) is 0 Å². The smallest absolute Gasteiger partial charge is 0.161 e. The van der Waals surface area contributed by atoms with E-state index >= 15 is 0 Å². The molecule has 0 radical (unpaired) electrons. The highest BCUT2D eigenvalue weighted by Gasteiger charge is 2.19. The average Bonchev–Trinajstić information content (AvgIpc) is 3.16. The Bertz CT molecular complexity index is 912. The molecule has 1 aliphatic rings. The van der Waals surface area contributed by atoms with Crippen molar-refractivity contribution in [1.82, 2.24) is 14.9 Å². The van der Waals surface area contributed by atoms with Gasteiger partial charge in [-0.05, 0) is 41.1 Å². The highest BCUT2D eigenvalue weighted by atomic mass is 32.1. The summed E-state index contributed by atoms with van der Waals surface area (Å²) >= 11 is 1.64. The van der Waals surface area contributed by atoms with Crippen LogP contribution in [0.15, 0.2) is 29.9 Å². The molecule has 0 saturated carbocycles. The molecule has 4 rings (SSSR count). The largest absolute Gasteiger partial charge is 0.493 e. The first-order valence-corrected chi connectivity index (χ1v) is 9.54. The van der Waals surface area contributed by atoms with Gasteiger partial charge < -0.3 is 14.8 Å². The molecule has 0 fully saturated rings. The number of rotatable bonds is 6. The molecule has 0 amide bonds. The predicted molar refractivity (Wildman–Crippen MR) is 104 cm³/mol. The van der Waals surface area contributed by atoms with Gasteiger partial charge >= 0.3 is 0 Å². The number of thiophene rings is 1. The molecule has 26 heavy (non-hydrogen) atoms. The first-order chi connectivity index (χ1) is 12.8. The topological polar surface area (TPSA) is 59.5 Å². The van der Waals surface area contributed by atoms with Crippen molar-refractivity contribution in [3.8, 4) is 11.5 Å². The molecule has 1 N–H and O–H groups in total. The second-order valence-electron chi connectivity index (χ2n) is 6.29. The van der Waals surface area contributed by atoms with Gasteiger partial charge in [-0.3, -0.25) is 4.90 Å². The van der Waals surface area contributed by atoms with Crippen molar-refractivity contribution < 1.29 is 9.47 Å². The van der Waals surface area contributed by atoms with E-state index in [-0.39, 0.29) is 0 Å². The quantitative estimate of drug-likeness (QED) is 0.719. The van der Waals surface area contributed by atoms with Crippen LogP contribution in [0.5, 0.6) is 11.5 Å². The minimum atomic E-state index is 0.798. The molecule has 3 heterocycles. The van der Waals surface area contributed by atoms with E-state index in [0.29, 0.717) is 0 Å². The van der Waals surface area contributed by atoms with E-state index in [1.807, 2.05) is 5.38 Å². The van der Waals surface area contributed by atoms with Crippen molar-refractivity contribution in [3.05, 3.63) is 41.0 Å². The maximum atomic E-state index is 5.44. The van der Waals surface area contributed by atoms with Gasteiger partial charge in [0.25, 0.3) is 0 Å². The zero-order valence-electron chi connectivity index (χ0n) is 15.0. The molecule has 136 valence electrons. The predicted octanol–water partition coefficient (Wildman–Crippen LogP) is 3.18. The number of hydrogen-bond donors (Lipinski definition) is 1. The summed E-state index contributed by atoms with van der Waals surface area (Å²) in [7, 11) is 3.37. The minimum absolute atomic E-state index is 0.798. The van der Waals surface area contributed by atoms with Crippen LogP contribution in [-0.2, 0) is 13.0 Å². The van der Waals surface area contributed by atoms with E-state index in [9.17, 15) is 0 Å². The molecule has 0 unspecified atom stereocenters. The summed E-state index contributed by atoms with van der Waals surface area (Å²) in [6.07, 6.45) is 2.65. The Kier molecular flexibility index (Phi) is 4.90. The Labute approximate surface area is 156 Å². The number of nitrogens with one attached hydrogen (secondary N) is 1. The molecule has 1 aliphatic heterocycles. The normalized spacial score (nSPS) is 14.2. The number of nitrogens with zero attached hydrogens (tertiary/aromatic N) is 3. The average molecular weight is 370 g/mol. The van der Waals surface area contributed by atoms with Crippen molar-refractivity contribution in [1.29, 1.82) is 0 Å². The number of aromatic nitrogens is 2. The molecule has 0 spiro atoms. The Morgan fingerprint density at radius 3 is 2.77 bits per heavy atom. The third kappa shape index (κ3) is 3.32. The van der Waals surface area contributed by atoms with Gasteiger partial charge in [0.2, 0.25) is 0 Å². The summed E-state index contributed by atoms with van der Waals surface area (Å²) in [5.74, 6) is 2.53. The van der Waals surface area contributed by atoms with E-state index in [4.69, 9.17) is 9.47 Å². The number of ether oxygens (including phenoxy) is 2. The lowest BCUT2D eigenvalue weighted by Gasteiger charge is -2.29. The highest BCUT2D eigenvalue weighted by molar-refractivity contribution is 7.16. The fourth-order valence-electron chi connectivity index (χ4n) is 3.40. The first-order valence-electron chi connectivity index (χ1n) is 8.66. The summed E-state index contributed by atoms with van der Waals surface area (Å²) < 4.78 is 10.9. The first kappa shape index (κ1) is 17.1. The number of benzene rings is 1. The second-order valence-corrected chi connectivity index (χ2v) is 7.19. The van der Waals surface area contributed by atoms with Gasteiger partial charge in [0.15, 0.2) is 11.5 Å². The van der Waals surface area contributed by atoms with Gasteiger partial charge in [-0.15, -0.1) is 11.3 Å². The molecule has 3 aromatic rings. The lowest BCUT2D eigenvalue weighted by molar-refractivity contribution is 0.262. The van der Waals surface area contributed by atoms with Gasteiger partial charge in [-0.1, -0.05) is 0 Å². The van der Waals surface area contributed by atoms with Crippen molar-refractivity contribution in [2.75, 3.05) is 39.2 Å². The third-order valence-electron chi connectivity index (χ3n) is 4.78. The number of methoxy groups -OCH3 is 2. The Balaban J connectivity index is 1.39. The summed E-state index contributed by atoms with van der Waals surface area (Å²) in [4.78, 5) is 12.1. The van der Waals surface area contributed by atoms with Crippen LogP contribution in [0.25, 0.3) is 10.2 Å². The van der Waals surface area contributed by atoms with Crippen LogP contribution in [0.3, 0.4) is 0 Å². The van der Waals surface area contributed by atoms with Gasteiger partial charge in [-0.2, -0.15) is 0 Å². The zero-order chi connectivity index (χ0) is 17.9.